The molecule has 1 aromatic carbocycles. The molecule has 0 spiro atoms. The molecule has 4 nitrogen and oxygen atoms in total. The first-order valence-electron chi connectivity index (χ1n) is 8.29. The predicted octanol–water partition coefficient (Wildman–Crippen LogP) is 3.25. The topological polar surface area (TPSA) is 55.6 Å². The van der Waals surface area contributed by atoms with E-state index < -0.39 is 6.10 Å². The highest BCUT2D eigenvalue weighted by molar-refractivity contribution is 6.00. The van der Waals surface area contributed by atoms with Crippen LogP contribution in [0.15, 0.2) is 18.2 Å². The molecule has 3 rings (SSSR count). The molecule has 0 aromatic heterocycles. The minimum atomic E-state index is -0.405. The number of ether oxygens (including phenoxy) is 1. The van der Waals surface area contributed by atoms with E-state index in [2.05, 4.69) is 0 Å². The fraction of sp³-hybridized carbons (Fsp3) is 0.611. The number of benzene rings is 1. The van der Waals surface area contributed by atoms with Gasteiger partial charge in [-0.25, -0.2) is 0 Å². The summed E-state index contributed by atoms with van der Waals surface area (Å²) in [6.45, 7) is 8.11. The van der Waals surface area contributed by atoms with Gasteiger partial charge >= 0.3 is 0 Å². The second-order valence-corrected chi connectivity index (χ2v) is 7.17. The van der Waals surface area contributed by atoms with Gasteiger partial charge < -0.3 is 15.4 Å². The molecule has 1 aliphatic carbocycles. The molecule has 1 heterocycles. The number of fused-ring (bicyclic) bond motifs is 1. The average molecular weight is 302 g/mol. The Balaban J connectivity index is 2.00. The van der Waals surface area contributed by atoms with E-state index in [1.54, 1.807) is 0 Å². The van der Waals surface area contributed by atoms with Crippen molar-refractivity contribution in [1.82, 2.24) is 0 Å². The van der Waals surface area contributed by atoms with E-state index in [0.717, 1.165) is 17.0 Å². The Morgan fingerprint density at radius 3 is 2.45 bits per heavy atom. The van der Waals surface area contributed by atoms with Crippen LogP contribution in [0.5, 0.6) is 5.75 Å². The molecule has 0 radical (unpaired) electrons. The maximum atomic E-state index is 12.8. The number of carbonyl (C=O) groups excluding carboxylic acids is 1. The van der Waals surface area contributed by atoms with Gasteiger partial charge in [-0.2, -0.15) is 0 Å². The summed E-state index contributed by atoms with van der Waals surface area (Å²) >= 11 is 0. The Morgan fingerprint density at radius 1 is 1.23 bits per heavy atom. The van der Waals surface area contributed by atoms with Crippen LogP contribution in [0.25, 0.3) is 0 Å². The highest BCUT2D eigenvalue weighted by atomic mass is 16.5. The molecular formula is C18H26N2O2. The zero-order chi connectivity index (χ0) is 16.0. The Morgan fingerprint density at radius 2 is 1.91 bits per heavy atom. The molecule has 0 bridgehead atoms. The van der Waals surface area contributed by atoms with E-state index in [0.29, 0.717) is 5.92 Å². The maximum absolute atomic E-state index is 12.8. The molecule has 2 aliphatic rings. The molecule has 4 heteroatoms. The molecule has 2 N–H and O–H groups in total. The Labute approximate surface area is 132 Å². The van der Waals surface area contributed by atoms with Gasteiger partial charge in [0.15, 0.2) is 6.10 Å². The second kappa shape index (κ2) is 5.58. The third kappa shape index (κ3) is 2.60. The van der Waals surface area contributed by atoms with E-state index in [1.807, 2.05) is 50.8 Å². The molecule has 2 unspecified atom stereocenters. The van der Waals surface area contributed by atoms with Gasteiger partial charge in [-0.3, -0.25) is 4.79 Å². The van der Waals surface area contributed by atoms with Crippen molar-refractivity contribution in [2.45, 2.75) is 58.7 Å². The van der Waals surface area contributed by atoms with Gasteiger partial charge in [0.05, 0.1) is 5.69 Å². The predicted molar refractivity (Wildman–Crippen MR) is 88.0 cm³/mol. The van der Waals surface area contributed by atoms with Crippen molar-refractivity contribution >= 4 is 11.6 Å². The summed E-state index contributed by atoms with van der Waals surface area (Å²) in [7, 11) is 0. The normalized spacial score (nSPS) is 22.8. The Bertz CT molecular complexity index is 578. The van der Waals surface area contributed by atoms with Crippen LogP contribution in [-0.4, -0.2) is 18.1 Å². The monoisotopic (exact) mass is 302 g/mol. The number of nitrogens with zero attached hydrogens (tertiary/aromatic N) is 1. The second-order valence-electron chi connectivity index (χ2n) is 7.17. The summed E-state index contributed by atoms with van der Waals surface area (Å²) < 4.78 is 5.96. The first kappa shape index (κ1) is 15.3. The third-order valence-electron chi connectivity index (χ3n) is 4.61. The lowest BCUT2D eigenvalue weighted by Crippen LogP contribution is -2.51. The van der Waals surface area contributed by atoms with E-state index in [1.165, 1.54) is 12.8 Å². The lowest BCUT2D eigenvalue weighted by molar-refractivity contribution is -0.128. The molecule has 0 saturated heterocycles. The van der Waals surface area contributed by atoms with Crippen LogP contribution in [0.3, 0.4) is 0 Å². The zero-order valence-electron chi connectivity index (χ0n) is 13.9. The summed E-state index contributed by atoms with van der Waals surface area (Å²) in [5.74, 6) is 1.58. The molecule has 1 aliphatic heterocycles. The molecule has 1 aromatic rings. The Hall–Kier alpha value is -1.55. The fourth-order valence-corrected chi connectivity index (χ4v) is 3.15. The lowest BCUT2D eigenvalue weighted by atomic mass is 9.98. The standard InChI is InChI=1S/C18H26N2O2/c1-10(2)17-18(21)20(11(3)4)14-9-13(7-8-15(14)22-17)16(19)12-5-6-12/h7-12,16-17H,5-6,19H2,1-4H3. The van der Waals surface area contributed by atoms with Crippen LogP contribution in [0.4, 0.5) is 5.69 Å². The summed E-state index contributed by atoms with van der Waals surface area (Å²) in [5, 5.41) is 0. The van der Waals surface area contributed by atoms with Gasteiger partial charge in [0.2, 0.25) is 0 Å². The molecular weight excluding hydrogens is 276 g/mol. The molecule has 120 valence electrons. The van der Waals surface area contributed by atoms with E-state index in [-0.39, 0.29) is 23.9 Å². The molecule has 22 heavy (non-hydrogen) atoms. The van der Waals surface area contributed by atoms with Gasteiger partial charge in [-0.15, -0.1) is 0 Å². The highest BCUT2D eigenvalue weighted by Gasteiger charge is 2.38. The minimum Gasteiger partial charge on any atom is -0.478 e. The van der Waals surface area contributed by atoms with Crippen LogP contribution in [-0.2, 0) is 4.79 Å². The number of nitrogens with two attached hydrogens (primary N) is 1. The number of amides is 1. The SMILES string of the molecule is CC(C)C1Oc2ccc(C(N)C3CC3)cc2N(C(C)C)C1=O. The summed E-state index contributed by atoms with van der Waals surface area (Å²) in [6, 6.07) is 6.24. The Kier molecular flexibility index (Phi) is 3.89. The van der Waals surface area contributed by atoms with Crippen molar-refractivity contribution in [3.05, 3.63) is 23.8 Å². The first-order chi connectivity index (χ1) is 10.4. The number of hydrogen-bond donors (Lipinski definition) is 1. The summed E-state index contributed by atoms with van der Waals surface area (Å²) in [5.41, 5.74) is 8.29. The van der Waals surface area contributed by atoms with Crippen molar-refractivity contribution in [1.29, 1.82) is 0 Å². The lowest BCUT2D eigenvalue weighted by Gasteiger charge is -2.38. The van der Waals surface area contributed by atoms with Gasteiger partial charge in [0.1, 0.15) is 5.75 Å². The maximum Gasteiger partial charge on any atom is 0.268 e. The van der Waals surface area contributed by atoms with Crippen molar-refractivity contribution in [2.75, 3.05) is 4.90 Å². The summed E-state index contributed by atoms with van der Waals surface area (Å²) in [6.07, 6.45) is 2.01. The highest BCUT2D eigenvalue weighted by Crippen LogP contribution is 2.43. The van der Waals surface area contributed by atoms with Gasteiger partial charge in [0, 0.05) is 12.1 Å². The van der Waals surface area contributed by atoms with Crippen molar-refractivity contribution in [2.24, 2.45) is 17.6 Å². The van der Waals surface area contributed by atoms with Crippen molar-refractivity contribution in [3.63, 3.8) is 0 Å². The number of rotatable bonds is 4. The van der Waals surface area contributed by atoms with Gasteiger partial charge in [-0.1, -0.05) is 19.9 Å². The molecule has 1 saturated carbocycles. The molecule has 2 atom stereocenters. The smallest absolute Gasteiger partial charge is 0.268 e. The quantitative estimate of drug-likeness (QED) is 0.929. The molecule has 1 fully saturated rings. The van der Waals surface area contributed by atoms with Crippen LogP contribution in [0.1, 0.15) is 52.1 Å². The largest absolute Gasteiger partial charge is 0.478 e. The third-order valence-corrected chi connectivity index (χ3v) is 4.61. The van der Waals surface area contributed by atoms with Crippen molar-refractivity contribution < 1.29 is 9.53 Å². The minimum absolute atomic E-state index is 0.0506. The zero-order valence-corrected chi connectivity index (χ0v) is 13.9. The first-order valence-corrected chi connectivity index (χ1v) is 8.29. The number of carbonyl (C=O) groups is 1. The van der Waals surface area contributed by atoms with Gasteiger partial charge in [0.25, 0.3) is 5.91 Å². The average Bonchev–Trinajstić information content (AvgIpc) is 3.29. The fourth-order valence-electron chi connectivity index (χ4n) is 3.15. The van der Waals surface area contributed by atoms with E-state index in [4.69, 9.17) is 10.5 Å². The van der Waals surface area contributed by atoms with Crippen molar-refractivity contribution in [3.8, 4) is 5.75 Å². The van der Waals surface area contributed by atoms with Crippen LogP contribution >= 0.6 is 0 Å². The van der Waals surface area contributed by atoms with Crippen LogP contribution in [0, 0.1) is 11.8 Å². The number of anilines is 1. The van der Waals surface area contributed by atoms with E-state index in [9.17, 15) is 4.79 Å². The number of hydrogen-bond acceptors (Lipinski definition) is 3. The summed E-state index contributed by atoms with van der Waals surface area (Å²) in [4.78, 5) is 14.6. The van der Waals surface area contributed by atoms with Gasteiger partial charge in [-0.05, 0) is 56.2 Å². The molecule has 1 amide bonds. The van der Waals surface area contributed by atoms with Crippen LogP contribution < -0.4 is 15.4 Å². The van der Waals surface area contributed by atoms with Crippen LogP contribution in [0.2, 0.25) is 0 Å². The van der Waals surface area contributed by atoms with E-state index >= 15 is 0 Å².